The number of nitrogens with two attached hydrogens (primary N) is 1. The van der Waals surface area contributed by atoms with Gasteiger partial charge in [-0.25, -0.2) is 0 Å². The number of nitrogens with one attached hydrogen (secondary N) is 1. The fourth-order valence-electron chi connectivity index (χ4n) is 3.62. The van der Waals surface area contributed by atoms with Crippen LogP contribution in [0.5, 0.6) is 0 Å². The van der Waals surface area contributed by atoms with Crippen molar-refractivity contribution in [3.63, 3.8) is 0 Å². The van der Waals surface area contributed by atoms with Gasteiger partial charge in [0.25, 0.3) is 0 Å². The normalized spacial score (nSPS) is 14.0. The zero-order chi connectivity index (χ0) is 21.4. The SMILES string of the molecule is CCCCCCCCCCCCCCNC(C[N+](C)(C)C)C(C(N)=O)C(=O)O. The maximum atomic E-state index is 11.6. The average Bonchev–Trinajstić information content (AvgIpc) is 2.56. The number of hydrogen-bond acceptors (Lipinski definition) is 3. The van der Waals surface area contributed by atoms with Crippen molar-refractivity contribution in [3.05, 3.63) is 0 Å². The summed E-state index contributed by atoms with van der Waals surface area (Å²) < 4.78 is 0.577. The third kappa shape index (κ3) is 14.9. The molecule has 0 heterocycles. The molecule has 0 spiro atoms. The Morgan fingerprint density at radius 1 is 0.857 bits per heavy atom. The van der Waals surface area contributed by atoms with Crippen molar-refractivity contribution in [1.29, 1.82) is 0 Å². The molecule has 0 radical (unpaired) electrons. The number of carboxylic acid groups (broad SMARTS) is 1. The molecular weight excluding hydrogens is 354 g/mol. The van der Waals surface area contributed by atoms with Gasteiger partial charge in [-0.2, -0.15) is 0 Å². The lowest BCUT2D eigenvalue weighted by atomic mass is 9.97. The van der Waals surface area contributed by atoms with Gasteiger partial charge in [0, 0.05) is 0 Å². The Labute approximate surface area is 172 Å². The van der Waals surface area contributed by atoms with Crippen molar-refractivity contribution in [3.8, 4) is 0 Å². The monoisotopic (exact) mass is 400 g/mol. The van der Waals surface area contributed by atoms with E-state index in [9.17, 15) is 14.7 Å². The van der Waals surface area contributed by atoms with E-state index in [0.29, 0.717) is 11.0 Å². The molecule has 0 aliphatic heterocycles. The molecule has 0 saturated heterocycles. The number of hydrogen-bond donors (Lipinski definition) is 3. The second-order valence-electron chi connectivity index (χ2n) is 9.14. The third-order valence-corrected chi connectivity index (χ3v) is 5.16. The van der Waals surface area contributed by atoms with Crippen molar-refractivity contribution in [1.82, 2.24) is 5.32 Å². The largest absolute Gasteiger partial charge is 0.481 e. The number of likely N-dealkylation sites (N-methyl/N-ethyl adjacent to an activating group) is 1. The molecule has 0 aliphatic rings. The van der Waals surface area contributed by atoms with E-state index < -0.39 is 23.8 Å². The van der Waals surface area contributed by atoms with Crippen LogP contribution in [0.15, 0.2) is 0 Å². The molecule has 6 heteroatoms. The summed E-state index contributed by atoms with van der Waals surface area (Å²) >= 11 is 0. The van der Waals surface area contributed by atoms with Crippen LogP contribution in [0.4, 0.5) is 0 Å². The van der Waals surface area contributed by atoms with E-state index in [4.69, 9.17) is 5.73 Å². The van der Waals surface area contributed by atoms with Gasteiger partial charge in [0.15, 0.2) is 5.92 Å². The van der Waals surface area contributed by atoms with Crippen LogP contribution in [0.2, 0.25) is 0 Å². The molecule has 2 unspecified atom stereocenters. The quantitative estimate of drug-likeness (QED) is 0.176. The van der Waals surface area contributed by atoms with Gasteiger partial charge in [0.2, 0.25) is 5.91 Å². The van der Waals surface area contributed by atoms with E-state index in [2.05, 4.69) is 12.2 Å². The van der Waals surface area contributed by atoms with Crippen LogP contribution in [0.3, 0.4) is 0 Å². The minimum absolute atomic E-state index is 0.442. The van der Waals surface area contributed by atoms with E-state index in [0.717, 1.165) is 19.4 Å². The van der Waals surface area contributed by atoms with Gasteiger partial charge in [-0.05, 0) is 13.0 Å². The Bertz CT molecular complexity index is 408. The van der Waals surface area contributed by atoms with Gasteiger partial charge in [-0.1, -0.05) is 77.6 Å². The molecule has 0 saturated carbocycles. The molecule has 6 nitrogen and oxygen atoms in total. The molecule has 4 N–H and O–H groups in total. The molecule has 0 aromatic rings. The smallest absolute Gasteiger partial charge is 0.317 e. The number of primary amides is 1. The molecule has 0 rings (SSSR count). The van der Waals surface area contributed by atoms with E-state index in [1.165, 1.54) is 64.2 Å². The first-order valence-electron chi connectivity index (χ1n) is 11.2. The van der Waals surface area contributed by atoms with Gasteiger partial charge in [0.1, 0.15) is 0 Å². The Hall–Kier alpha value is -1.14. The predicted octanol–water partition coefficient (Wildman–Crippen LogP) is 3.54. The lowest BCUT2D eigenvalue weighted by Crippen LogP contribution is -2.55. The zero-order valence-electron chi connectivity index (χ0n) is 18.8. The number of unbranched alkanes of at least 4 members (excludes halogenated alkanes) is 11. The summed E-state index contributed by atoms with van der Waals surface area (Å²) in [4.78, 5) is 23.1. The Morgan fingerprint density at radius 3 is 1.64 bits per heavy atom. The second kappa shape index (κ2) is 15.7. The van der Waals surface area contributed by atoms with Gasteiger partial charge in [-0.3, -0.25) is 9.59 Å². The maximum absolute atomic E-state index is 11.6. The van der Waals surface area contributed by atoms with Gasteiger partial charge < -0.3 is 20.6 Å². The number of nitrogens with zero attached hydrogens (tertiary/aromatic N) is 1. The Balaban J connectivity index is 3.94. The van der Waals surface area contributed by atoms with E-state index in [-0.39, 0.29) is 0 Å². The Morgan fingerprint density at radius 2 is 1.29 bits per heavy atom. The number of carboxylic acids is 1. The minimum Gasteiger partial charge on any atom is -0.481 e. The van der Waals surface area contributed by atoms with Gasteiger partial charge >= 0.3 is 5.97 Å². The topological polar surface area (TPSA) is 92.4 Å². The number of carbonyl (C=O) groups excluding carboxylic acids is 1. The number of amides is 1. The van der Waals surface area contributed by atoms with Crippen LogP contribution in [0.25, 0.3) is 0 Å². The highest BCUT2D eigenvalue weighted by Crippen LogP contribution is 2.12. The first kappa shape index (κ1) is 26.9. The van der Waals surface area contributed by atoms with Crippen LogP contribution in [0.1, 0.15) is 84.0 Å². The van der Waals surface area contributed by atoms with E-state index >= 15 is 0 Å². The van der Waals surface area contributed by atoms with Gasteiger partial charge in [0.05, 0.1) is 33.7 Å². The molecule has 2 atom stereocenters. The highest BCUT2D eigenvalue weighted by atomic mass is 16.4. The average molecular weight is 401 g/mol. The van der Waals surface area contributed by atoms with Crippen molar-refractivity contribution in [2.75, 3.05) is 34.2 Å². The van der Waals surface area contributed by atoms with E-state index in [1.54, 1.807) is 0 Å². The minimum atomic E-state index is -1.19. The van der Waals surface area contributed by atoms with Crippen LogP contribution in [-0.2, 0) is 9.59 Å². The van der Waals surface area contributed by atoms with E-state index in [1.807, 2.05) is 21.1 Å². The number of carbonyl (C=O) groups is 2. The third-order valence-electron chi connectivity index (χ3n) is 5.16. The summed E-state index contributed by atoms with van der Waals surface area (Å²) in [5.74, 6) is -3.10. The standard InChI is InChI=1S/C22H45N3O3/c1-5-6-7-8-9-10-11-12-13-14-15-16-17-24-19(18-25(2,3)4)20(21(23)26)22(27)28/h19-20,24H,5-18H2,1-4H3,(H2-,23,26,27,28)/p+1. The molecule has 0 aromatic heterocycles. The van der Waals surface area contributed by atoms with Crippen molar-refractivity contribution in [2.45, 2.75) is 90.0 Å². The van der Waals surface area contributed by atoms with Crippen LogP contribution >= 0.6 is 0 Å². The lowest BCUT2D eigenvalue weighted by Gasteiger charge is -2.31. The highest BCUT2D eigenvalue weighted by Gasteiger charge is 2.36. The van der Waals surface area contributed by atoms with Crippen molar-refractivity contribution in [2.24, 2.45) is 11.7 Å². The molecule has 28 heavy (non-hydrogen) atoms. The van der Waals surface area contributed by atoms with Crippen LogP contribution < -0.4 is 11.1 Å². The predicted molar refractivity (Wildman–Crippen MR) is 116 cm³/mol. The highest BCUT2D eigenvalue weighted by molar-refractivity contribution is 5.96. The summed E-state index contributed by atoms with van der Waals surface area (Å²) in [6.07, 6.45) is 15.5. The molecule has 0 aromatic carbocycles. The summed E-state index contributed by atoms with van der Waals surface area (Å²) in [5, 5.41) is 12.6. The first-order chi connectivity index (χ1) is 13.2. The van der Waals surface area contributed by atoms with Crippen molar-refractivity contribution < 1.29 is 19.2 Å². The summed E-state index contributed by atoms with van der Waals surface area (Å²) in [7, 11) is 5.95. The zero-order valence-corrected chi connectivity index (χ0v) is 18.8. The van der Waals surface area contributed by atoms with Crippen molar-refractivity contribution >= 4 is 11.9 Å². The number of aliphatic carboxylic acids is 1. The molecule has 1 amide bonds. The number of quaternary nitrogens is 1. The molecule has 0 fully saturated rings. The van der Waals surface area contributed by atoms with Gasteiger partial charge in [-0.15, -0.1) is 0 Å². The lowest BCUT2D eigenvalue weighted by molar-refractivity contribution is -0.871. The first-order valence-corrected chi connectivity index (χ1v) is 11.2. The molecule has 0 aliphatic carbocycles. The molecule has 0 bridgehead atoms. The summed E-state index contributed by atoms with van der Waals surface area (Å²) in [5.41, 5.74) is 5.33. The van der Waals surface area contributed by atoms with Crippen LogP contribution in [-0.4, -0.2) is 61.7 Å². The molecule has 166 valence electrons. The summed E-state index contributed by atoms with van der Waals surface area (Å²) in [6.45, 7) is 3.51. The fourth-order valence-corrected chi connectivity index (χ4v) is 3.62. The molecular formula is C22H46N3O3+. The maximum Gasteiger partial charge on any atom is 0.317 e. The fraction of sp³-hybridized carbons (Fsp3) is 0.909. The Kier molecular flexibility index (Phi) is 15.1. The number of rotatable bonds is 19. The second-order valence-corrected chi connectivity index (χ2v) is 9.14. The van der Waals surface area contributed by atoms with Crippen LogP contribution in [0, 0.1) is 5.92 Å². The summed E-state index contributed by atoms with van der Waals surface area (Å²) in [6, 6.07) is -0.442.